The Morgan fingerprint density at radius 1 is 1.40 bits per heavy atom. The molecule has 15 heavy (non-hydrogen) atoms. The Hall–Kier alpha value is -1.32. The van der Waals surface area contributed by atoms with Crippen LogP contribution in [0, 0.1) is 0 Å². The summed E-state index contributed by atoms with van der Waals surface area (Å²) >= 11 is 0. The molecule has 0 aliphatic heterocycles. The zero-order chi connectivity index (χ0) is 11.7. The molecule has 0 bridgehead atoms. The van der Waals surface area contributed by atoms with E-state index in [1.807, 2.05) is 19.9 Å². The Balaban J connectivity index is 3.90. The highest BCUT2D eigenvalue weighted by Crippen LogP contribution is 1.93. The third-order valence-corrected chi connectivity index (χ3v) is 1.95. The quantitative estimate of drug-likeness (QED) is 0.504. The summed E-state index contributed by atoms with van der Waals surface area (Å²) in [5, 5.41) is 2.70. The minimum atomic E-state index is -0.0384. The number of nitrogens with zero attached hydrogens (tertiary/aromatic N) is 1. The summed E-state index contributed by atoms with van der Waals surface area (Å²) in [5.74, 6) is -0.0384. The third-order valence-electron chi connectivity index (χ3n) is 1.95. The third kappa shape index (κ3) is 7.73. The SMILES string of the molecule is CCCN(C=O)C/C=C(\C)CNC(C)=O. The molecule has 0 saturated carbocycles. The highest BCUT2D eigenvalue weighted by Gasteiger charge is 1.97. The highest BCUT2D eigenvalue weighted by molar-refractivity contribution is 5.73. The predicted octanol–water partition coefficient (Wildman–Crippen LogP) is 0.937. The molecular formula is C11H20N2O2. The lowest BCUT2D eigenvalue weighted by Crippen LogP contribution is -2.25. The van der Waals surface area contributed by atoms with E-state index in [1.165, 1.54) is 6.92 Å². The van der Waals surface area contributed by atoms with E-state index >= 15 is 0 Å². The van der Waals surface area contributed by atoms with E-state index in [0.717, 1.165) is 24.9 Å². The number of amides is 2. The van der Waals surface area contributed by atoms with Crippen LogP contribution in [0.5, 0.6) is 0 Å². The molecule has 0 rings (SSSR count). The Bertz CT molecular complexity index is 237. The first-order chi connectivity index (χ1) is 7.10. The normalized spacial score (nSPS) is 11.0. The largest absolute Gasteiger partial charge is 0.353 e. The van der Waals surface area contributed by atoms with Gasteiger partial charge in [-0.25, -0.2) is 0 Å². The van der Waals surface area contributed by atoms with Crippen molar-refractivity contribution in [3.8, 4) is 0 Å². The fraction of sp³-hybridized carbons (Fsp3) is 0.636. The highest BCUT2D eigenvalue weighted by atomic mass is 16.1. The van der Waals surface area contributed by atoms with Crippen LogP contribution in [0.4, 0.5) is 0 Å². The Labute approximate surface area is 91.3 Å². The van der Waals surface area contributed by atoms with E-state index in [-0.39, 0.29) is 5.91 Å². The van der Waals surface area contributed by atoms with Crippen molar-refractivity contribution in [3.05, 3.63) is 11.6 Å². The number of hydrogen-bond acceptors (Lipinski definition) is 2. The average Bonchev–Trinajstić information content (AvgIpc) is 2.21. The van der Waals surface area contributed by atoms with Gasteiger partial charge in [-0.1, -0.05) is 18.6 Å². The van der Waals surface area contributed by atoms with Crippen LogP contribution in [0.3, 0.4) is 0 Å². The fourth-order valence-corrected chi connectivity index (χ4v) is 1.08. The topological polar surface area (TPSA) is 49.4 Å². The molecule has 1 N–H and O–H groups in total. The lowest BCUT2D eigenvalue weighted by atomic mass is 10.2. The van der Waals surface area contributed by atoms with Crippen molar-refractivity contribution in [1.29, 1.82) is 0 Å². The zero-order valence-corrected chi connectivity index (χ0v) is 9.75. The van der Waals surface area contributed by atoms with Crippen LogP contribution < -0.4 is 5.32 Å². The smallest absolute Gasteiger partial charge is 0.217 e. The van der Waals surface area contributed by atoms with Gasteiger partial charge in [0.2, 0.25) is 12.3 Å². The standard InChI is InChI=1S/C11H20N2O2/c1-4-6-13(9-14)7-5-10(2)8-12-11(3)15/h5,9H,4,6-8H2,1-3H3,(H,12,15)/b10-5+. The van der Waals surface area contributed by atoms with Gasteiger partial charge < -0.3 is 10.2 Å². The predicted molar refractivity (Wildman–Crippen MR) is 60.4 cm³/mol. The van der Waals surface area contributed by atoms with E-state index in [4.69, 9.17) is 0 Å². The monoisotopic (exact) mass is 212 g/mol. The van der Waals surface area contributed by atoms with Gasteiger partial charge in [-0.15, -0.1) is 0 Å². The molecule has 0 fully saturated rings. The van der Waals surface area contributed by atoms with Gasteiger partial charge in [0.25, 0.3) is 0 Å². The minimum Gasteiger partial charge on any atom is -0.353 e. The van der Waals surface area contributed by atoms with Crippen LogP contribution in [-0.4, -0.2) is 36.9 Å². The summed E-state index contributed by atoms with van der Waals surface area (Å²) in [7, 11) is 0. The summed E-state index contributed by atoms with van der Waals surface area (Å²) in [6, 6.07) is 0. The summed E-state index contributed by atoms with van der Waals surface area (Å²) < 4.78 is 0. The van der Waals surface area contributed by atoms with E-state index in [0.29, 0.717) is 13.1 Å². The maximum Gasteiger partial charge on any atom is 0.217 e. The summed E-state index contributed by atoms with van der Waals surface area (Å²) in [6.07, 6.45) is 3.77. The lowest BCUT2D eigenvalue weighted by Gasteiger charge is -2.14. The second-order valence-corrected chi connectivity index (χ2v) is 3.56. The second kappa shape index (κ2) is 8.03. The van der Waals surface area contributed by atoms with Gasteiger partial charge in [0, 0.05) is 26.6 Å². The van der Waals surface area contributed by atoms with E-state index in [9.17, 15) is 9.59 Å². The van der Waals surface area contributed by atoms with Gasteiger partial charge >= 0.3 is 0 Å². The first-order valence-corrected chi connectivity index (χ1v) is 5.19. The Morgan fingerprint density at radius 3 is 2.53 bits per heavy atom. The molecule has 4 nitrogen and oxygen atoms in total. The Morgan fingerprint density at radius 2 is 2.07 bits per heavy atom. The summed E-state index contributed by atoms with van der Waals surface area (Å²) in [6.45, 7) is 7.39. The first-order valence-electron chi connectivity index (χ1n) is 5.19. The molecule has 0 radical (unpaired) electrons. The van der Waals surface area contributed by atoms with Gasteiger partial charge in [-0.3, -0.25) is 9.59 Å². The molecule has 0 aromatic heterocycles. The number of hydrogen-bond donors (Lipinski definition) is 1. The molecule has 0 aromatic rings. The maximum atomic E-state index is 10.6. The molecule has 0 spiro atoms. The van der Waals surface area contributed by atoms with Gasteiger partial charge in [-0.2, -0.15) is 0 Å². The van der Waals surface area contributed by atoms with E-state index in [1.54, 1.807) is 4.90 Å². The van der Waals surface area contributed by atoms with Crippen LogP contribution >= 0.6 is 0 Å². The number of nitrogens with one attached hydrogen (secondary N) is 1. The average molecular weight is 212 g/mol. The molecule has 0 aliphatic carbocycles. The van der Waals surface area contributed by atoms with E-state index < -0.39 is 0 Å². The van der Waals surface area contributed by atoms with Crippen molar-refractivity contribution in [2.45, 2.75) is 27.2 Å². The molecule has 2 amide bonds. The van der Waals surface area contributed by atoms with Crippen LogP contribution in [0.1, 0.15) is 27.2 Å². The molecular weight excluding hydrogens is 192 g/mol. The fourth-order valence-electron chi connectivity index (χ4n) is 1.08. The van der Waals surface area contributed by atoms with E-state index in [2.05, 4.69) is 5.32 Å². The maximum absolute atomic E-state index is 10.6. The van der Waals surface area contributed by atoms with Gasteiger partial charge in [0.15, 0.2) is 0 Å². The number of carbonyl (C=O) groups is 2. The second-order valence-electron chi connectivity index (χ2n) is 3.56. The molecule has 86 valence electrons. The summed E-state index contributed by atoms with van der Waals surface area (Å²) in [4.78, 5) is 22.9. The zero-order valence-electron chi connectivity index (χ0n) is 9.75. The first kappa shape index (κ1) is 13.7. The van der Waals surface area contributed by atoms with Gasteiger partial charge in [-0.05, 0) is 13.3 Å². The van der Waals surface area contributed by atoms with Gasteiger partial charge in [0.05, 0.1) is 0 Å². The van der Waals surface area contributed by atoms with Crippen molar-refractivity contribution in [3.63, 3.8) is 0 Å². The van der Waals surface area contributed by atoms with Crippen LogP contribution in [-0.2, 0) is 9.59 Å². The summed E-state index contributed by atoms with van der Waals surface area (Å²) in [5.41, 5.74) is 1.06. The lowest BCUT2D eigenvalue weighted by molar-refractivity contribution is -0.119. The molecule has 0 heterocycles. The Kier molecular flexibility index (Phi) is 7.32. The van der Waals surface area contributed by atoms with Gasteiger partial charge in [0.1, 0.15) is 0 Å². The number of rotatable bonds is 7. The van der Waals surface area contributed by atoms with Crippen molar-refractivity contribution < 1.29 is 9.59 Å². The molecule has 0 aromatic carbocycles. The molecule has 0 aliphatic rings. The molecule has 0 atom stereocenters. The van der Waals surface area contributed by atoms with Crippen molar-refractivity contribution in [2.75, 3.05) is 19.6 Å². The van der Waals surface area contributed by atoms with Crippen LogP contribution in [0.2, 0.25) is 0 Å². The van der Waals surface area contributed by atoms with Crippen molar-refractivity contribution in [2.24, 2.45) is 0 Å². The minimum absolute atomic E-state index is 0.0384. The van der Waals surface area contributed by atoms with Crippen LogP contribution in [0.15, 0.2) is 11.6 Å². The number of carbonyl (C=O) groups excluding carboxylic acids is 2. The van der Waals surface area contributed by atoms with Crippen molar-refractivity contribution in [1.82, 2.24) is 10.2 Å². The van der Waals surface area contributed by atoms with Crippen molar-refractivity contribution >= 4 is 12.3 Å². The van der Waals surface area contributed by atoms with Crippen LogP contribution in [0.25, 0.3) is 0 Å². The molecule has 4 heteroatoms. The molecule has 0 saturated heterocycles. The molecule has 0 unspecified atom stereocenters.